The maximum Gasteiger partial charge on any atom is 0.326 e. The number of carboxylic acid groups (broad SMARTS) is 1. The monoisotopic (exact) mass is 379 g/mol. The minimum absolute atomic E-state index is 0.329. The summed E-state index contributed by atoms with van der Waals surface area (Å²) in [5.41, 5.74) is 1.14. The normalized spacial score (nSPS) is 11.9. The largest absolute Gasteiger partial charge is 0.480 e. The molecule has 6 nitrogen and oxygen atoms in total. The minimum atomic E-state index is -1.02. The summed E-state index contributed by atoms with van der Waals surface area (Å²) in [5.74, 6) is -1.45. The van der Waals surface area contributed by atoms with Crippen molar-refractivity contribution in [1.29, 1.82) is 0 Å². The van der Waals surface area contributed by atoms with Crippen LogP contribution in [0.3, 0.4) is 0 Å². The van der Waals surface area contributed by atoms with E-state index in [4.69, 9.17) is 5.11 Å². The Morgan fingerprint density at radius 2 is 2.04 bits per heavy atom. The molecular weight excluding hydrogens is 362 g/mol. The van der Waals surface area contributed by atoms with Crippen molar-refractivity contribution >= 4 is 27.8 Å². The van der Waals surface area contributed by atoms with E-state index in [1.165, 1.54) is 6.20 Å². The second kappa shape index (κ2) is 7.92. The predicted octanol–water partition coefficient (Wildman–Crippen LogP) is 3.01. The zero-order valence-corrected chi connectivity index (χ0v) is 14.3. The van der Waals surface area contributed by atoms with Gasteiger partial charge in [-0.25, -0.2) is 9.48 Å². The second-order valence-electron chi connectivity index (χ2n) is 5.16. The molecule has 0 saturated heterocycles. The van der Waals surface area contributed by atoms with Gasteiger partial charge in [-0.05, 0) is 30.7 Å². The summed E-state index contributed by atoms with van der Waals surface area (Å²) in [7, 11) is 0. The highest BCUT2D eigenvalue weighted by molar-refractivity contribution is 9.10. The van der Waals surface area contributed by atoms with Crippen molar-refractivity contribution in [3.05, 3.63) is 46.7 Å². The molecule has 1 atom stereocenters. The first kappa shape index (κ1) is 17.2. The number of rotatable bonds is 7. The number of carbonyl (C=O) groups is 2. The van der Waals surface area contributed by atoms with Crippen molar-refractivity contribution in [3.63, 3.8) is 0 Å². The molecule has 0 spiro atoms. The molecular formula is C16H18BrN3O3. The topological polar surface area (TPSA) is 84.2 Å². The number of carboxylic acids is 1. The van der Waals surface area contributed by atoms with Gasteiger partial charge >= 0.3 is 5.97 Å². The fourth-order valence-corrected chi connectivity index (χ4v) is 2.35. The van der Waals surface area contributed by atoms with E-state index in [-0.39, 0.29) is 0 Å². The lowest BCUT2D eigenvalue weighted by Crippen LogP contribution is -2.40. The minimum Gasteiger partial charge on any atom is -0.480 e. The predicted molar refractivity (Wildman–Crippen MR) is 89.7 cm³/mol. The summed E-state index contributed by atoms with van der Waals surface area (Å²) in [4.78, 5) is 23.4. The quantitative estimate of drug-likeness (QED) is 0.774. The lowest BCUT2D eigenvalue weighted by atomic mass is 10.1. The third-order valence-corrected chi connectivity index (χ3v) is 3.91. The maximum atomic E-state index is 12.2. The van der Waals surface area contributed by atoms with Gasteiger partial charge in [-0.3, -0.25) is 4.79 Å². The van der Waals surface area contributed by atoms with Crippen molar-refractivity contribution in [2.24, 2.45) is 0 Å². The van der Waals surface area contributed by atoms with Crippen LogP contribution in [0.2, 0.25) is 0 Å². The Kier molecular flexibility index (Phi) is 5.92. The molecule has 0 aliphatic rings. The van der Waals surface area contributed by atoms with Crippen LogP contribution in [0.1, 0.15) is 36.5 Å². The Morgan fingerprint density at radius 1 is 1.35 bits per heavy atom. The van der Waals surface area contributed by atoms with Gasteiger partial charge in [0.1, 0.15) is 6.04 Å². The van der Waals surface area contributed by atoms with Crippen LogP contribution in [0.25, 0.3) is 5.69 Å². The number of hydrogen-bond donors (Lipinski definition) is 2. The lowest BCUT2D eigenvalue weighted by molar-refractivity contribution is -0.139. The average Bonchev–Trinajstić information content (AvgIpc) is 3.01. The van der Waals surface area contributed by atoms with Gasteiger partial charge in [0.25, 0.3) is 5.91 Å². The van der Waals surface area contributed by atoms with Gasteiger partial charge in [0.2, 0.25) is 0 Å². The van der Waals surface area contributed by atoms with Crippen LogP contribution in [0.5, 0.6) is 0 Å². The Hall–Kier alpha value is -2.15. The van der Waals surface area contributed by atoms with Gasteiger partial charge < -0.3 is 10.4 Å². The molecule has 2 rings (SSSR count). The highest BCUT2D eigenvalue weighted by atomic mass is 79.9. The standard InChI is InChI=1S/C16H18BrN3O3/c1-2-3-4-14(16(22)23)19-15(21)11-9-18-20(10-11)13-7-5-12(17)6-8-13/h5-10,14H,2-4H2,1H3,(H,19,21)(H,22,23). The molecule has 0 aliphatic heterocycles. The zero-order valence-electron chi connectivity index (χ0n) is 12.7. The number of nitrogens with one attached hydrogen (secondary N) is 1. The number of halogens is 1. The Morgan fingerprint density at radius 3 is 2.65 bits per heavy atom. The number of nitrogens with zero attached hydrogens (tertiary/aromatic N) is 2. The number of amides is 1. The van der Waals surface area contributed by atoms with E-state index in [9.17, 15) is 9.59 Å². The Labute approximate surface area is 142 Å². The van der Waals surface area contributed by atoms with Gasteiger partial charge in [-0.2, -0.15) is 5.10 Å². The number of aliphatic carboxylic acids is 1. The fraction of sp³-hybridized carbons (Fsp3) is 0.312. The van der Waals surface area contributed by atoms with Crippen LogP contribution in [-0.2, 0) is 4.79 Å². The summed E-state index contributed by atoms with van der Waals surface area (Å²) < 4.78 is 2.52. The molecule has 1 aromatic heterocycles. The van der Waals surface area contributed by atoms with Crippen LogP contribution in [-0.4, -0.2) is 32.8 Å². The molecule has 0 radical (unpaired) electrons. The first-order valence-corrected chi connectivity index (χ1v) is 8.15. The third kappa shape index (κ3) is 4.66. The summed E-state index contributed by atoms with van der Waals surface area (Å²) in [5, 5.41) is 15.9. The third-order valence-electron chi connectivity index (χ3n) is 3.39. The van der Waals surface area contributed by atoms with E-state index in [1.54, 1.807) is 10.9 Å². The Bertz CT molecular complexity index is 682. The number of carbonyl (C=O) groups excluding carboxylic acids is 1. The molecule has 0 bridgehead atoms. The van der Waals surface area contributed by atoms with Gasteiger partial charge in [0.05, 0.1) is 17.4 Å². The molecule has 1 aromatic carbocycles. The van der Waals surface area contributed by atoms with Crippen LogP contribution in [0.15, 0.2) is 41.1 Å². The van der Waals surface area contributed by atoms with Gasteiger partial charge in [-0.15, -0.1) is 0 Å². The van der Waals surface area contributed by atoms with Crippen LogP contribution in [0, 0.1) is 0 Å². The van der Waals surface area contributed by atoms with Crippen molar-refractivity contribution in [2.75, 3.05) is 0 Å². The summed E-state index contributed by atoms with van der Waals surface area (Å²) >= 11 is 3.36. The summed E-state index contributed by atoms with van der Waals surface area (Å²) in [6.07, 6.45) is 5.04. The molecule has 1 amide bonds. The van der Waals surface area contributed by atoms with Crippen molar-refractivity contribution in [1.82, 2.24) is 15.1 Å². The van der Waals surface area contributed by atoms with E-state index < -0.39 is 17.9 Å². The molecule has 0 aliphatic carbocycles. The summed E-state index contributed by atoms with van der Waals surface area (Å²) in [6.45, 7) is 1.98. The van der Waals surface area contributed by atoms with E-state index in [1.807, 2.05) is 31.2 Å². The van der Waals surface area contributed by atoms with E-state index >= 15 is 0 Å². The number of hydrogen-bond acceptors (Lipinski definition) is 3. The number of benzene rings is 1. The smallest absolute Gasteiger partial charge is 0.326 e. The van der Waals surface area contributed by atoms with Crippen molar-refractivity contribution in [2.45, 2.75) is 32.2 Å². The van der Waals surface area contributed by atoms with Crippen LogP contribution < -0.4 is 5.32 Å². The number of unbranched alkanes of at least 4 members (excludes halogenated alkanes) is 1. The van der Waals surface area contributed by atoms with Gasteiger partial charge in [-0.1, -0.05) is 35.7 Å². The first-order valence-electron chi connectivity index (χ1n) is 7.35. The fourth-order valence-electron chi connectivity index (χ4n) is 2.08. The molecule has 23 heavy (non-hydrogen) atoms. The lowest BCUT2D eigenvalue weighted by Gasteiger charge is -2.13. The van der Waals surface area contributed by atoms with Crippen LogP contribution in [0.4, 0.5) is 0 Å². The highest BCUT2D eigenvalue weighted by Crippen LogP contribution is 2.14. The molecule has 122 valence electrons. The Balaban J connectivity index is 2.08. The van der Waals surface area contributed by atoms with Crippen molar-refractivity contribution < 1.29 is 14.7 Å². The molecule has 0 saturated carbocycles. The van der Waals surface area contributed by atoms with Crippen LogP contribution >= 0.6 is 15.9 Å². The van der Waals surface area contributed by atoms with E-state index in [0.717, 1.165) is 23.0 Å². The number of aromatic nitrogens is 2. The molecule has 2 aromatic rings. The molecule has 7 heteroatoms. The van der Waals surface area contributed by atoms with E-state index in [2.05, 4.69) is 26.3 Å². The van der Waals surface area contributed by atoms with Crippen molar-refractivity contribution in [3.8, 4) is 5.69 Å². The molecule has 1 unspecified atom stereocenters. The zero-order chi connectivity index (χ0) is 16.8. The highest BCUT2D eigenvalue weighted by Gasteiger charge is 2.20. The van der Waals surface area contributed by atoms with Gasteiger partial charge in [0, 0.05) is 10.7 Å². The van der Waals surface area contributed by atoms with E-state index in [0.29, 0.717) is 12.0 Å². The summed E-state index contributed by atoms with van der Waals surface area (Å²) in [6, 6.07) is 6.60. The SMILES string of the molecule is CCCCC(NC(=O)c1cnn(-c2ccc(Br)cc2)c1)C(=O)O. The second-order valence-corrected chi connectivity index (χ2v) is 6.07. The average molecular weight is 380 g/mol. The molecule has 2 N–H and O–H groups in total. The molecule has 0 fully saturated rings. The first-order chi connectivity index (χ1) is 11.0. The molecule has 1 heterocycles. The maximum absolute atomic E-state index is 12.2. The van der Waals surface area contributed by atoms with Gasteiger partial charge in [0.15, 0.2) is 0 Å².